The molecule has 0 radical (unpaired) electrons. The molecule has 0 aliphatic rings. The molecule has 4 N–H and O–H groups in total. The van der Waals surface area contributed by atoms with Crippen LogP contribution in [0.1, 0.15) is 45.4 Å². The molecule has 0 fully saturated rings. The molecule has 2 amide bonds. The minimum Gasteiger partial charge on any atom is -0.397 e. The lowest BCUT2D eigenvalue weighted by Crippen LogP contribution is -2.16. The normalized spacial score (nSPS) is 10.4. The smallest absolute Gasteiger partial charge is 0.224 e. The van der Waals surface area contributed by atoms with Crippen molar-refractivity contribution < 1.29 is 9.59 Å². The fourth-order valence-electron chi connectivity index (χ4n) is 2.95. The van der Waals surface area contributed by atoms with Crippen LogP contribution >= 0.6 is 0 Å². The first-order valence-corrected chi connectivity index (χ1v) is 10.2. The Morgan fingerprint density at radius 2 is 1.45 bits per heavy atom. The molecule has 0 atom stereocenters. The summed E-state index contributed by atoms with van der Waals surface area (Å²) in [4.78, 5) is 26.2. The van der Waals surface area contributed by atoms with Gasteiger partial charge in [-0.1, -0.05) is 25.0 Å². The van der Waals surface area contributed by atoms with Gasteiger partial charge >= 0.3 is 0 Å². The van der Waals surface area contributed by atoms with E-state index in [9.17, 15) is 9.59 Å². The second kappa shape index (κ2) is 11.7. The highest BCUT2D eigenvalue weighted by atomic mass is 16.2. The maximum atomic E-state index is 12.1. The van der Waals surface area contributed by atoms with Crippen LogP contribution in [0.5, 0.6) is 0 Å². The summed E-state index contributed by atoms with van der Waals surface area (Å²) in [6, 6.07) is 15.1. The quantitative estimate of drug-likeness (QED) is 0.381. The van der Waals surface area contributed by atoms with Crippen LogP contribution in [0.3, 0.4) is 0 Å². The van der Waals surface area contributed by atoms with E-state index >= 15 is 0 Å². The number of nitrogen functional groups attached to an aromatic ring is 1. The van der Waals surface area contributed by atoms with Crippen molar-refractivity contribution in [2.24, 2.45) is 0 Å². The van der Waals surface area contributed by atoms with Gasteiger partial charge in [0.1, 0.15) is 0 Å². The van der Waals surface area contributed by atoms with E-state index in [0.717, 1.165) is 43.6 Å². The molecule has 0 heterocycles. The van der Waals surface area contributed by atoms with Gasteiger partial charge in [-0.15, -0.1) is 0 Å². The Morgan fingerprint density at radius 3 is 2.03 bits per heavy atom. The summed E-state index contributed by atoms with van der Waals surface area (Å²) in [6.45, 7) is 3.04. The van der Waals surface area contributed by atoms with Gasteiger partial charge in [0, 0.05) is 37.8 Å². The number of para-hydroxylation sites is 2. The van der Waals surface area contributed by atoms with Gasteiger partial charge in [-0.05, 0) is 56.2 Å². The van der Waals surface area contributed by atoms with E-state index in [1.807, 2.05) is 43.4 Å². The Hall–Kier alpha value is -3.02. The van der Waals surface area contributed by atoms with Crippen molar-refractivity contribution in [2.45, 2.75) is 45.4 Å². The second-order valence-corrected chi connectivity index (χ2v) is 7.16. The number of carbonyl (C=O) groups is 2. The van der Waals surface area contributed by atoms with Gasteiger partial charge in [-0.25, -0.2) is 0 Å². The average Bonchev–Trinajstić information content (AvgIpc) is 2.72. The molecule has 2 aromatic carbocycles. The van der Waals surface area contributed by atoms with E-state index in [-0.39, 0.29) is 11.8 Å². The molecular formula is C23H32N4O2. The molecule has 0 aromatic heterocycles. The number of carbonyl (C=O) groups excluding carboxylic acids is 2. The maximum absolute atomic E-state index is 12.1. The van der Waals surface area contributed by atoms with Crippen LogP contribution in [0.4, 0.5) is 22.7 Å². The van der Waals surface area contributed by atoms with Crippen molar-refractivity contribution in [1.29, 1.82) is 0 Å². The lowest BCUT2D eigenvalue weighted by molar-refractivity contribution is -0.117. The minimum atomic E-state index is -0.0298. The maximum Gasteiger partial charge on any atom is 0.224 e. The zero-order valence-corrected chi connectivity index (χ0v) is 17.4. The van der Waals surface area contributed by atoms with Crippen molar-refractivity contribution in [1.82, 2.24) is 0 Å². The first-order chi connectivity index (χ1) is 14.0. The summed E-state index contributed by atoms with van der Waals surface area (Å²) in [5.41, 5.74) is 8.99. The van der Waals surface area contributed by atoms with Crippen LogP contribution in [0, 0.1) is 0 Å². The molecule has 29 heavy (non-hydrogen) atoms. The topological polar surface area (TPSA) is 87.5 Å². The largest absolute Gasteiger partial charge is 0.397 e. The van der Waals surface area contributed by atoms with Gasteiger partial charge < -0.3 is 21.3 Å². The standard InChI is InChI=1S/C23H32N4O2/c1-3-27(2)19-16-14-18(15-17-19)25-22(28)12-6-4-5-7-13-23(29)26-21-11-9-8-10-20(21)24/h8-11,14-17H,3-7,12-13,24H2,1-2H3,(H,25,28)(H,26,29). The molecule has 0 bridgehead atoms. The van der Waals surface area contributed by atoms with E-state index < -0.39 is 0 Å². The molecule has 6 nitrogen and oxygen atoms in total. The number of benzene rings is 2. The van der Waals surface area contributed by atoms with E-state index in [0.29, 0.717) is 24.2 Å². The molecule has 0 unspecified atom stereocenters. The van der Waals surface area contributed by atoms with Crippen molar-refractivity contribution in [3.05, 3.63) is 48.5 Å². The number of nitrogens with one attached hydrogen (secondary N) is 2. The summed E-state index contributed by atoms with van der Waals surface area (Å²) < 4.78 is 0. The highest BCUT2D eigenvalue weighted by Crippen LogP contribution is 2.18. The van der Waals surface area contributed by atoms with Crippen molar-refractivity contribution in [3.63, 3.8) is 0 Å². The molecular weight excluding hydrogens is 364 g/mol. The third kappa shape index (κ3) is 7.86. The van der Waals surface area contributed by atoms with Crippen LogP contribution < -0.4 is 21.3 Å². The zero-order chi connectivity index (χ0) is 21.1. The number of nitrogens with two attached hydrogens (primary N) is 1. The number of anilines is 4. The number of hydrogen-bond donors (Lipinski definition) is 3. The monoisotopic (exact) mass is 396 g/mol. The molecule has 0 saturated heterocycles. The van der Waals surface area contributed by atoms with Crippen LogP contribution in [0.2, 0.25) is 0 Å². The molecule has 2 rings (SSSR count). The average molecular weight is 397 g/mol. The highest BCUT2D eigenvalue weighted by molar-refractivity contribution is 5.93. The Balaban J connectivity index is 1.57. The fourth-order valence-corrected chi connectivity index (χ4v) is 2.95. The summed E-state index contributed by atoms with van der Waals surface area (Å²) in [6.07, 6.45) is 4.40. The van der Waals surface area contributed by atoms with Crippen LogP contribution in [-0.4, -0.2) is 25.4 Å². The predicted octanol–water partition coefficient (Wildman–Crippen LogP) is 4.64. The third-order valence-corrected chi connectivity index (χ3v) is 4.86. The third-order valence-electron chi connectivity index (χ3n) is 4.86. The number of amides is 2. The Labute approximate surface area is 173 Å². The van der Waals surface area contributed by atoms with Gasteiger partial charge in [0.05, 0.1) is 11.4 Å². The molecule has 0 aliphatic heterocycles. The van der Waals surface area contributed by atoms with E-state index in [1.54, 1.807) is 12.1 Å². The number of hydrogen-bond acceptors (Lipinski definition) is 4. The lowest BCUT2D eigenvalue weighted by Gasteiger charge is -2.17. The van der Waals surface area contributed by atoms with E-state index in [2.05, 4.69) is 22.5 Å². The number of rotatable bonds is 11. The number of nitrogens with zero attached hydrogens (tertiary/aromatic N) is 1. The molecule has 0 aliphatic carbocycles. The second-order valence-electron chi connectivity index (χ2n) is 7.16. The van der Waals surface area contributed by atoms with Crippen molar-refractivity contribution >= 4 is 34.6 Å². The predicted molar refractivity (Wildman–Crippen MR) is 121 cm³/mol. The molecule has 2 aromatic rings. The molecule has 0 saturated carbocycles. The summed E-state index contributed by atoms with van der Waals surface area (Å²) >= 11 is 0. The van der Waals surface area contributed by atoms with Gasteiger partial charge in [-0.2, -0.15) is 0 Å². The van der Waals surface area contributed by atoms with Gasteiger partial charge in [-0.3, -0.25) is 9.59 Å². The van der Waals surface area contributed by atoms with Gasteiger partial charge in [0.25, 0.3) is 0 Å². The minimum absolute atomic E-state index is 0.0268. The SMILES string of the molecule is CCN(C)c1ccc(NC(=O)CCCCCCC(=O)Nc2ccccc2N)cc1. The Bertz CT molecular complexity index is 790. The zero-order valence-electron chi connectivity index (χ0n) is 17.4. The lowest BCUT2D eigenvalue weighted by atomic mass is 10.1. The highest BCUT2D eigenvalue weighted by Gasteiger charge is 2.06. The summed E-state index contributed by atoms with van der Waals surface area (Å²) in [5.74, 6) is -0.00306. The van der Waals surface area contributed by atoms with Gasteiger partial charge in [0.15, 0.2) is 0 Å². The molecule has 6 heteroatoms. The van der Waals surface area contributed by atoms with Gasteiger partial charge in [0.2, 0.25) is 11.8 Å². The fraction of sp³-hybridized carbons (Fsp3) is 0.391. The summed E-state index contributed by atoms with van der Waals surface area (Å²) in [7, 11) is 2.04. The molecule has 0 spiro atoms. The van der Waals surface area contributed by atoms with E-state index in [1.165, 1.54) is 0 Å². The Kier molecular flexibility index (Phi) is 9.02. The van der Waals surface area contributed by atoms with Crippen molar-refractivity contribution in [2.75, 3.05) is 34.9 Å². The number of unbranched alkanes of at least 4 members (excludes halogenated alkanes) is 3. The summed E-state index contributed by atoms with van der Waals surface area (Å²) in [5, 5.41) is 5.76. The van der Waals surface area contributed by atoms with E-state index in [4.69, 9.17) is 5.73 Å². The van der Waals surface area contributed by atoms with Crippen LogP contribution in [0.15, 0.2) is 48.5 Å². The van der Waals surface area contributed by atoms with Crippen LogP contribution in [0.25, 0.3) is 0 Å². The molecule has 156 valence electrons. The van der Waals surface area contributed by atoms with Crippen molar-refractivity contribution in [3.8, 4) is 0 Å². The van der Waals surface area contributed by atoms with Crippen LogP contribution in [-0.2, 0) is 9.59 Å². The first-order valence-electron chi connectivity index (χ1n) is 10.2. The Morgan fingerprint density at radius 1 is 0.862 bits per heavy atom. The first kappa shape index (κ1) is 22.3.